The van der Waals surface area contributed by atoms with Crippen LogP contribution in [0.3, 0.4) is 0 Å². The number of hydrogen-bond donors (Lipinski definition) is 1. The molecule has 1 aliphatic heterocycles. The molecule has 46 heavy (non-hydrogen) atoms. The monoisotopic (exact) mass is 652 g/mol. The molecule has 1 aliphatic rings. The van der Waals surface area contributed by atoms with Crippen molar-refractivity contribution in [3.63, 3.8) is 0 Å². The molecule has 246 valence electrons. The third-order valence-electron chi connectivity index (χ3n) is 6.87. The summed E-state index contributed by atoms with van der Waals surface area (Å²) in [5.74, 6) is -0.747. The minimum absolute atomic E-state index is 0.0460. The highest BCUT2D eigenvalue weighted by Crippen LogP contribution is 2.41. The second-order valence-corrected chi connectivity index (χ2v) is 11.8. The van der Waals surface area contributed by atoms with E-state index in [0.717, 1.165) is 11.3 Å². The zero-order valence-corrected chi connectivity index (χ0v) is 28.1. The average molecular weight is 653 g/mol. The van der Waals surface area contributed by atoms with Crippen LogP contribution in [0.2, 0.25) is 0 Å². The Morgan fingerprint density at radius 2 is 1.39 bits per heavy atom. The molecular weight excluding hydrogens is 612 g/mol. The number of carbonyl (C=O) groups is 2. The van der Waals surface area contributed by atoms with Crippen molar-refractivity contribution in [1.82, 2.24) is 4.57 Å². The highest BCUT2D eigenvalue weighted by Gasteiger charge is 2.40. The maximum absolute atomic E-state index is 14.0. The molecule has 11 nitrogen and oxygen atoms in total. The molecule has 0 fully saturated rings. The molecule has 0 unspecified atom stereocenters. The van der Waals surface area contributed by atoms with Gasteiger partial charge in [-0.1, -0.05) is 12.1 Å². The van der Waals surface area contributed by atoms with E-state index in [1.165, 1.54) is 18.8 Å². The summed E-state index contributed by atoms with van der Waals surface area (Å²) in [6.45, 7) is 11.0. The molecule has 0 saturated heterocycles. The first-order chi connectivity index (χ1) is 21.9. The van der Waals surface area contributed by atoms with E-state index in [0.29, 0.717) is 34.1 Å². The van der Waals surface area contributed by atoms with E-state index in [9.17, 15) is 14.4 Å². The number of ether oxygens (including phenoxy) is 6. The van der Waals surface area contributed by atoms with Gasteiger partial charge in [0.05, 0.1) is 61.2 Å². The molecule has 0 spiro atoms. The fraction of sp³-hybridized carbons (Fsp3) is 0.382. The molecular formula is C34H40N2O9S. The molecule has 0 bridgehead atoms. The van der Waals surface area contributed by atoms with Gasteiger partial charge in [-0.05, 0) is 83.0 Å². The topological polar surface area (TPSA) is 138 Å². The highest BCUT2D eigenvalue weighted by atomic mass is 32.1. The molecule has 12 heteroatoms. The van der Waals surface area contributed by atoms with Gasteiger partial charge < -0.3 is 34.2 Å². The summed E-state index contributed by atoms with van der Waals surface area (Å²) in [4.78, 5) is 41.3. The zero-order valence-electron chi connectivity index (χ0n) is 27.3. The third kappa shape index (κ3) is 6.91. The first-order valence-electron chi connectivity index (χ1n) is 15.0. The summed E-state index contributed by atoms with van der Waals surface area (Å²) < 4.78 is 35.4. The van der Waals surface area contributed by atoms with Crippen LogP contribution in [0.15, 0.2) is 46.8 Å². The van der Waals surface area contributed by atoms with Crippen LogP contribution in [0.25, 0.3) is 17.5 Å². The zero-order chi connectivity index (χ0) is 33.7. The van der Waals surface area contributed by atoms with E-state index in [1.807, 2.05) is 27.7 Å². The van der Waals surface area contributed by atoms with Crippen LogP contribution in [0.4, 0.5) is 0 Å². The van der Waals surface area contributed by atoms with Gasteiger partial charge in [-0.25, -0.2) is 9.59 Å². The van der Waals surface area contributed by atoms with E-state index < -0.39 is 23.4 Å². The van der Waals surface area contributed by atoms with Crippen molar-refractivity contribution in [2.45, 2.75) is 59.7 Å². The number of aromatic nitrogens is 1. The van der Waals surface area contributed by atoms with Crippen LogP contribution in [0.5, 0.6) is 23.0 Å². The Labute approximate surface area is 271 Å². The van der Waals surface area contributed by atoms with E-state index in [2.05, 4.69) is 0 Å². The third-order valence-corrected chi connectivity index (χ3v) is 7.98. The summed E-state index contributed by atoms with van der Waals surface area (Å²) >= 11 is 1.06. The van der Waals surface area contributed by atoms with Gasteiger partial charge in [0.25, 0.3) is 5.56 Å². The minimum atomic E-state index is -1.04. The normalized spacial score (nSPS) is 14.8. The van der Waals surface area contributed by atoms with Gasteiger partial charge >= 0.3 is 11.9 Å². The summed E-state index contributed by atoms with van der Waals surface area (Å²) in [7, 11) is 3.03. The van der Waals surface area contributed by atoms with Crippen molar-refractivity contribution in [2.75, 3.05) is 27.4 Å². The smallest absolute Gasteiger partial charge is 0.338 e. The van der Waals surface area contributed by atoms with Crippen molar-refractivity contribution >= 4 is 40.7 Å². The number of thiazole rings is 1. The summed E-state index contributed by atoms with van der Waals surface area (Å²) in [5, 5.41) is 0. The van der Waals surface area contributed by atoms with Gasteiger partial charge in [0.15, 0.2) is 23.0 Å². The predicted octanol–water partition coefficient (Wildman–Crippen LogP) is 3.53. The molecule has 0 amide bonds. The molecule has 3 aromatic rings. The minimum Gasteiger partial charge on any atom is -0.493 e. The van der Waals surface area contributed by atoms with Gasteiger partial charge in [0.2, 0.25) is 0 Å². The van der Waals surface area contributed by atoms with E-state index in [-0.39, 0.29) is 51.6 Å². The fourth-order valence-electron chi connectivity index (χ4n) is 5.09. The van der Waals surface area contributed by atoms with Crippen molar-refractivity contribution < 1.29 is 38.0 Å². The predicted molar refractivity (Wildman–Crippen MR) is 176 cm³/mol. The molecule has 4 rings (SSSR count). The van der Waals surface area contributed by atoms with Crippen molar-refractivity contribution in [1.29, 1.82) is 0 Å². The number of methoxy groups -OCH3 is 2. The summed E-state index contributed by atoms with van der Waals surface area (Å²) in [5.41, 5.74) is 7.27. The molecule has 0 radical (unpaired) electrons. The number of hydrogen-bond acceptors (Lipinski definition) is 11. The van der Waals surface area contributed by atoms with Crippen LogP contribution < -0.4 is 39.4 Å². The van der Waals surface area contributed by atoms with E-state index in [4.69, 9.17) is 34.2 Å². The van der Waals surface area contributed by atoms with Crippen LogP contribution in [-0.2, 0) is 19.1 Å². The quantitative estimate of drug-likeness (QED) is 0.289. The van der Waals surface area contributed by atoms with Crippen molar-refractivity contribution in [3.8, 4) is 23.0 Å². The fourth-order valence-corrected chi connectivity index (χ4v) is 6.25. The number of fused-ring (bicyclic) bond motifs is 1. The lowest BCUT2D eigenvalue weighted by atomic mass is 9.83. The Kier molecular flexibility index (Phi) is 10.8. The molecule has 2 N–H and O–H groups in total. The summed E-state index contributed by atoms with van der Waals surface area (Å²) in [6.07, 6.45) is 1.47. The largest absolute Gasteiger partial charge is 0.493 e. The molecule has 0 aliphatic carbocycles. The van der Waals surface area contributed by atoms with Gasteiger partial charge in [-0.15, -0.1) is 11.3 Å². The number of esters is 2. The number of benzene rings is 2. The van der Waals surface area contributed by atoms with Crippen molar-refractivity contribution in [3.05, 3.63) is 72.6 Å². The van der Waals surface area contributed by atoms with Crippen LogP contribution in [0, 0.1) is 0 Å². The molecule has 2 heterocycles. The first-order valence-corrected chi connectivity index (χ1v) is 15.8. The molecule has 0 saturated carbocycles. The van der Waals surface area contributed by atoms with Gasteiger partial charge in [0.1, 0.15) is 10.5 Å². The number of nitrogens with zero attached hydrogens (tertiary/aromatic N) is 1. The number of rotatable bonds is 12. The second kappa shape index (κ2) is 14.6. The van der Waals surface area contributed by atoms with Crippen LogP contribution in [0.1, 0.15) is 58.6 Å². The lowest BCUT2D eigenvalue weighted by molar-refractivity contribution is -0.138. The Hall–Kier alpha value is -4.71. The maximum Gasteiger partial charge on any atom is 0.338 e. The van der Waals surface area contributed by atoms with Crippen LogP contribution in [-0.4, -0.2) is 56.1 Å². The Morgan fingerprint density at radius 1 is 0.848 bits per heavy atom. The van der Waals surface area contributed by atoms with Crippen molar-refractivity contribution in [2.24, 2.45) is 5.73 Å². The van der Waals surface area contributed by atoms with E-state index in [1.54, 1.807) is 56.3 Å². The highest BCUT2D eigenvalue weighted by molar-refractivity contribution is 7.07. The SMILES string of the molecule is CCOC(=O)C1=C(N)n2c(s/c(=C/c3ccc(OC(C)C)c(OC)c3)c2=O)=C(C(=O)OCC)[C@@H]1c1ccc(OC(C)C)c(OC)c1. The Bertz CT molecular complexity index is 1840. The van der Waals surface area contributed by atoms with Gasteiger partial charge in [-0.3, -0.25) is 9.36 Å². The Balaban J connectivity index is 2.05. The molecule has 1 atom stereocenters. The standard InChI is InChI=1S/C34H40N2O9S/c1-9-42-33(38)28-27(21-12-14-23(45-19(5)6)25(17-21)41-8)29(34(39)43-10-2)32-36(30(28)35)31(37)26(46-32)16-20-11-13-22(44-18(3)4)24(15-20)40-7/h11-19,27H,9-10,35H2,1-8H3/b26-16+/t27-/m1/s1. The summed E-state index contributed by atoms with van der Waals surface area (Å²) in [6, 6.07) is 10.4. The van der Waals surface area contributed by atoms with Gasteiger partial charge in [-0.2, -0.15) is 0 Å². The number of carbonyl (C=O) groups excluding carboxylic acids is 2. The lowest BCUT2D eigenvalue weighted by Gasteiger charge is -2.27. The Morgan fingerprint density at radius 3 is 1.93 bits per heavy atom. The first kappa shape index (κ1) is 34.2. The van der Waals surface area contributed by atoms with Gasteiger partial charge in [0, 0.05) is 0 Å². The van der Waals surface area contributed by atoms with Crippen LogP contribution >= 0.6 is 11.3 Å². The molecule has 1 aromatic heterocycles. The molecule has 2 aromatic carbocycles. The second-order valence-electron chi connectivity index (χ2n) is 10.8. The number of nitrogens with two attached hydrogens (primary N) is 1. The lowest BCUT2D eigenvalue weighted by Crippen LogP contribution is -2.42. The average Bonchev–Trinajstić information content (AvgIpc) is 3.32. The van der Waals surface area contributed by atoms with E-state index >= 15 is 0 Å². The maximum atomic E-state index is 14.0.